The van der Waals surface area contributed by atoms with Gasteiger partial charge in [-0.05, 0) is 59.7 Å². The molecule has 0 unspecified atom stereocenters. The van der Waals surface area contributed by atoms with Crippen LogP contribution in [0.15, 0.2) is 71.6 Å². The van der Waals surface area contributed by atoms with Gasteiger partial charge in [0.25, 0.3) is 10.0 Å². The minimum Gasteiger partial charge on any atom is -0.454 e. The third kappa shape index (κ3) is 4.13. The molecule has 1 heterocycles. The van der Waals surface area contributed by atoms with Gasteiger partial charge >= 0.3 is 0 Å². The first-order valence-electron chi connectivity index (χ1n) is 8.46. The van der Waals surface area contributed by atoms with Gasteiger partial charge in [-0.2, -0.15) is 0 Å². The summed E-state index contributed by atoms with van der Waals surface area (Å²) in [5.74, 6) is 1.48. The van der Waals surface area contributed by atoms with E-state index in [0.717, 1.165) is 22.6 Å². The third-order valence-electron chi connectivity index (χ3n) is 4.15. The first-order valence-corrected chi connectivity index (χ1v) is 10.3. The Balaban J connectivity index is 1.45. The van der Waals surface area contributed by atoms with Crippen molar-refractivity contribution in [2.24, 2.45) is 0 Å². The molecule has 1 aliphatic heterocycles. The van der Waals surface area contributed by atoms with E-state index in [2.05, 4.69) is 4.72 Å². The molecule has 28 heavy (non-hydrogen) atoms. The monoisotopic (exact) mass is 413 g/mol. The molecule has 0 fully saturated rings. The second kappa shape index (κ2) is 7.58. The quantitative estimate of drug-likeness (QED) is 0.595. The van der Waals surface area contributed by atoms with Gasteiger partial charge in [0, 0.05) is 10.7 Å². The maximum Gasteiger partial charge on any atom is 0.261 e. The average Bonchev–Trinajstić information content (AvgIpc) is 3.15. The van der Waals surface area contributed by atoms with Crippen LogP contribution in [-0.4, -0.2) is 15.2 Å². The lowest BCUT2D eigenvalue weighted by molar-refractivity contribution is 0.174. The molecule has 5 nitrogen and oxygen atoms in total. The van der Waals surface area contributed by atoms with Crippen molar-refractivity contribution in [1.29, 1.82) is 0 Å². The first-order chi connectivity index (χ1) is 13.5. The standard InChI is InChI=1S/C21H16ClNO4S/c22-17-6-10-19(11-7-17)28(24,25)23-18-8-3-15(4-9-18)1-2-16-5-12-20-21(13-16)27-14-26-20/h1-13,23H,14H2/b2-1+. The van der Waals surface area contributed by atoms with Crippen LogP contribution in [0.25, 0.3) is 12.2 Å². The highest BCUT2D eigenvalue weighted by Crippen LogP contribution is 2.33. The molecule has 0 aliphatic carbocycles. The Kier molecular flexibility index (Phi) is 4.98. The molecule has 3 aromatic rings. The van der Waals surface area contributed by atoms with Gasteiger partial charge in [0.2, 0.25) is 6.79 Å². The topological polar surface area (TPSA) is 64.6 Å². The van der Waals surface area contributed by atoms with Gasteiger partial charge in [-0.1, -0.05) is 42.0 Å². The van der Waals surface area contributed by atoms with Crippen molar-refractivity contribution < 1.29 is 17.9 Å². The molecular weight excluding hydrogens is 398 g/mol. The van der Waals surface area contributed by atoms with E-state index in [4.69, 9.17) is 21.1 Å². The van der Waals surface area contributed by atoms with Crippen LogP contribution in [0, 0.1) is 0 Å². The van der Waals surface area contributed by atoms with E-state index in [9.17, 15) is 8.42 Å². The molecule has 0 saturated carbocycles. The summed E-state index contributed by atoms with van der Waals surface area (Å²) in [7, 11) is -3.66. The molecule has 3 aromatic carbocycles. The zero-order chi connectivity index (χ0) is 19.6. The molecule has 4 rings (SSSR count). The summed E-state index contributed by atoms with van der Waals surface area (Å²) in [6, 6.07) is 18.8. The number of anilines is 1. The van der Waals surface area contributed by atoms with Crippen molar-refractivity contribution >= 4 is 39.5 Å². The van der Waals surface area contributed by atoms with Crippen LogP contribution in [0.1, 0.15) is 11.1 Å². The number of ether oxygens (including phenoxy) is 2. The SMILES string of the molecule is O=S(=O)(Nc1ccc(/C=C/c2ccc3c(c2)OCO3)cc1)c1ccc(Cl)cc1. The Hall–Kier alpha value is -2.96. The Labute approximate surface area is 168 Å². The summed E-state index contributed by atoms with van der Waals surface area (Å²) in [5, 5.41) is 0.484. The van der Waals surface area contributed by atoms with Gasteiger partial charge in [0.1, 0.15) is 0 Å². The lowest BCUT2D eigenvalue weighted by atomic mass is 10.1. The predicted molar refractivity (Wildman–Crippen MR) is 110 cm³/mol. The van der Waals surface area contributed by atoms with Gasteiger partial charge in [0.05, 0.1) is 4.90 Å². The Morgan fingerprint density at radius 1 is 0.821 bits per heavy atom. The molecule has 1 N–H and O–H groups in total. The van der Waals surface area contributed by atoms with Crippen molar-refractivity contribution in [1.82, 2.24) is 0 Å². The van der Waals surface area contributed by atoms with Crippen LogP contribution in [0.4, 0.5) is 5.69 Å². The number of benzene rings is 3. The number of fused-ring (bicyclic) bond motifs is 1. The van der Waals surface area contributed by atoms with E-state index in [1.165, 1.54) is 12.1 Å². The van der Waals surface area contributed by atoms with Crippen molar-refractivity contribution in [3.63, 3.8) is 0 Å². The van der Waals surface area contributed by atoms with E-state index in [1.807, 2.05) is 42.5 Å². The lowest BCUT2D eigenvalue weighted by Gasteiger charge is -2.08. The molecule has 1 aliphatic rings. The molecule has 0 atom stereocenters. The molecule has 142 valence electrons. The van der Waals surface area contributed by atoms with Crippen LogP contribution in [0.3, 0.4) is 0 Å². The van der Waals surface area contributed by atoms with Crippen LogP contribution >= 0.6 is 11.6 Å². The van der Waals surface area contributed by atoms with Gasteiger partial charge in [-0.15, -0.1) is 0 Å². The summed E-state index contributed by atoms with van der Waals surface area (Å²) < 4.78 is 38.0. The number of hydrogen-bond donors (Lipinski definition) is 1. The van der Waals surface area contributed by atoms with Crippen molar-refractivity contribution in [3.8, 4) is 11.5 Å². The van der Waals surface area contributed by atoms with E-state index in [-0.39, 0.29) is 11.7 Å². The van der Waals surface area contributed by atoms with Crippen LogP contribution in [-0.2, 0) is 10.0 Å². The lowest BCUT2D eigenvalue weighted by Crippen LogP contribution is -2.12. The smallest absolute Gasteiger partial charge is 0.261 e. The summed E-state index contributed by atoms with van der Waals surface area (Å²) in [4.78, 5) is 0.156. The molecular formula is C21H16ClNO4S. The molecule has 0 saturated heterocycles. The fourth-order valence-electron chi connectivity index (χ4n) is 2.70. The number of halogens is 1. The van der Waals surface area contributed by atoms with E-state index >= 15 is 0 Å². The fraction of sp³-hybridized carbons (Fsp3) is 0.0476. The summed E-state index contributed by atoms with van der Waals surface area (Å²) in [6.45, 7) is 0.246. The molecule has 0 amide bonds. The molecule has 0 spiro atoms. The highest BCUT2D eigenvalue weighted by atomic mass is 35.5. The number of hydrogen-bond acceptors (Lipinski definition) is 4. The fourth-order valence-corrected chi connectivity index (χ4v) is 3.88. The van der Waals surface area contributed by atoms with Crippen molar-refractivity contribution in [2.45, 2.75) is 4.90 Å². The third-order valence-corrected chi connectivity index (χ3v) is 5.80. The van der Waals surface area contributed by atoms with Crippen LogP contribution < -0.4 is 14.2 Å². The first kappa shape index (κ1) is 18.4. The minimum atomic E-state index is -3.66. The maximum absolute atomic E-state index is 12.4. The largest absolute Gasteiger partial charge is 0.454 e. The second-order valence-electron chi connectivity index (χ2n) is 6.13. The van der Waals surface area contributed by atoms with Gasteiger partial charge in [0.15, 0.2) is 11.5 Å². The Morgan fingerprint density at radius 3 is 2.21 bits per heavy atom. The zero-order valence-corrected chi connectivity index (χ0v) is 16.2. The van der Waals surface area contributed by atoms with E-state index in [1.54, 1.807) is 24.3 Å². The number of nitrogens with one attached hydrogen (secondary N) is 1. The highest BCUT2D eigenvalue weighted by molar-refractivity contribution is 7.92. The van der Waals surface area contributed by atoms with Gasteiger partial charge in [-0.25, -0.2) is 8.42 Å². The van der Waals surface area contributed by atoms with Crippen molar-refractivity contribution in [2.75, 3.05) is 11.5 Å². The highest BCUT2D eigenvalue weighted by Gasteiger charge is 2.14. The van der Waals surface area contributed by atoms with E-state index < -0.39 is 10.0 Å². The van der Waals surface area contributed by atoms with Crippen molar-refractivity contribution in [3.05, 3.63) is 82.9 Å². The van der Waals surface area contributed by atoms with Gasteiger partial charge < -0.3 is 9.47 Å². The number of sulfonamides is 1. The normalized spacial score (nSPS) is 13.0. The Morgan fingerprint density at radius 2 is 1.46 bits per heavy atom. The summed E-state index contributed by atoms with van der Waals surface area (Å²) in [6.07, 6.45) is 3.89. The summed E-state index contributed by atoms with van der Waals surface area (Å²) in [5.41, 5.74) is 2.40. The molecule has 7 heteroatoms. The predicted octanol–water partition coefficient (Wildman–Crippen LogP) is 5.04. The number of rotatable bonds is 5. The maximum atomic E-state index is 12.4. The van der Waals surface area contributed by atoms with Gasteiger partial charge in [-0.3, -0.25) is 4.72 Å². The Bertz CT molecular complexity index is 1120. The van der Waals surface area contributed by atoms with Crippen LogP contribution in [0.2, 0.25) is 5.02 Å². The zero-order valence-electron chi connectivity index (χ0n) is 14.6. The minimum absolute atomic E-state index is 0.156. The molecule has 0 aromatic heterocycles. The van der Waals surface area contributed by atoms with Crippen LogP contribution in [0.5, 0.6) is 11.5 Å². The molecule has 0 bridgehead atoms. The second-order valence-corrected chi connectivity index (χ2v) is 8.25. The van der Waals surface area contributed by atoms with E-state index in [0.29, 0.717) is 10.7 Å². The average molecular weight is 414 g/mol. The molecule has 0 radical (unpaired) electrons. The summed E-state index contributed by atoms with van der Waals surface area (Å²) >= 11 is 5.81.